The Balaban J connectivity index is 2.10. The molecule has 1 atom stereocenters. The highest BCUT2D eigenvalue weighted by molar-refractivity contribution is 7.05. The van der Waals surface area contributed by atoms with Crippen LogP contribution in [0.25, 0.3) is 0 Å². The number of pyridine rings is 1. The van der Waals surface area contributed by atoms with Crippen molar-refractivity contribution in [2.75, 3.05) is 7.05 Å². The van der Waals surface area contributed by atoms with Crippen LogP contribution < -0.4 is 5.32 Å². The maximum Gasteiger partial charge on any atom is 0.0669 e. The van der Waals surface area contributed by atoms with Gasteiger partial charge in [0.15, 0.2) is 0 Å². The van der Waals surface area contributed by atoms with Crippen LogP contribution in [0.5, 0.6) is 0 Å². The van der Waals surface area contributed by atoms with E-state index < -0.39 is 0 Å². The molecule has 2 rings (SSSR count). The normalized spacial score (nSPS) is 12.6. The first-order chi connectivity index (χ1) is 7.40. The van der Waals surface area contributed by atoms with Crippen LogP contribution in [-0.4, -0.2) is 21.6 Å². The van der Waals surface area contributed by atoms with Crippen molar-refractivity contribution in [2.45, 2.75) is 12.5 Å². The lowest BCUT2D eigenvalue weighted by atomic mass is 10.1. The van der Waals surface area contributed by atoms with E-state index in [2.05, 4.69) is 26.0 Å². The molecule has 15 heavy (non-hydrogen) atoms. The van der Waals surface area contributed by atoms with E-state index in [0.29, 0.717) is 0 Å². The molecule has 0 saturated carbocycles. The first kappa shape index (κ1) is 10.2. The van der Waals surface area contributed by atoms with Gasteiger partial charge in [-0.1, -0.05) is 10.6 Å². The van der Waals surface area contributed by atoms with Crippen molar-refractivity contribution in [3.63, 3.8) is 0 Å². The first-order valence-electron chi connectivity index (χ1n) is 4.73. The highest BCUT2D eigenvalue weighted by Crippen LogP contribution is 2.19. The second kappa shape index (κ2) is 4.95. The summed E-state index contributed by atoms with van der Waals surface area (Å²) >= 11 is 1.43. The van der Waals surface area contributed by atoms with Gasteiger partial charge >= 0.3 is 0 Å². The van der Waals surface area contributed by atoms with Gasteiger partial charge in [0.05, 0.1) is 11.1 Å². The van der Waals surface area contributed by atoms with E-state index >= 15 is 0 Å². The van der Waals surface area contributed by atoms with Crippen molar-refractivity contribution in [3.05, 3.63) is 41.2 Å². The van der Waals surface area contributed by atoms with Gasteiger partial charge in [-0.15, -0.1) is 5.10 Å². The summed E-state index contributed by atoms with van der Waals surface area (Å²) in [6, 6.07) is 4.30. The third-order valence-electron chi connectivity index (χ3n) is 2.23. The summed E-state index contributed by atoms with van der Waals surface area (Å²) in [6.45, 7) is 0. The third kappa shape index (κ3) is 2.57. The third-order valence-corrected chi connectivity index (χ3v) is 3.01. The maximum absolute atomic E-state index is 4.10. The minimum Gasteiger partial charge on any atom is -0.312 e. The lowest BCUT2D eigenvalue weighted by molar-refractivity contribution is 0.600. The monoisotopic (exact) mass is 220 g/mol. The number of nitrogens with one attached hydrogen (secondary N) is 1. The van der Waals surface area contributed by atoms with Crippen molar-refractivity contribution >= 4 is 11.5 Å². The molecule has 0 radical (unpaired) electrons. The number of hydrogen-bond acceptors (Lipinski definition) is 5. The molecule has 2 aromatic rings. The molecule has 2 aromatic heterocycles. The predicted octanol–water partition coefficient (Wildman–Crippen LogP) is 1.44. The summed E-state index contributed by atoms with van der Waals surface area (Å²) in [5, 5.41) is 7.10. The fourth-order valence-corrected chi connectivity index (χ4v) is 2.04. The van der Waals surface area contributed by atoms with Crippen LogP contribution in [0.3, 0.4) is 0 Å². The van der Waals surface area contributed by atoms with Crippen molar-refractivity contribution < 1.29 is 0 Å². The molecule has 0 aromatic carbocycles. The van der Waals surface area contributed by atoms with Crippen LogP contribution >= 0.6 is 11.5 Å². The Kier molecular flexibility index (Phi) is 3.37. The zero-order valence-corrected chi connectivity index (χ0v) is 9.24. The van der Waals surface area contributed by atoms with Crippen LogP contribution in [0.2, 0.25) is 0 Å². The van der Waals surface area contributed by atoms with Crippen LogP contribution in [0.15, 0.2) is 30.7 Å². The van der Waals surface area contributed by atoms with Crippen LogP contribution in [0.4, 0.5) is 0 Å². The highest BCUT2D eigenvalue weighted by atomic mass is 32.1. The number of rotatable bonds is 4. The van der Waals surface area contributed by atoms with Crippen LogP contribution in [-0.2, 0) is 6.42 Å². The van der Waals surface area contributed by atoms with Crippen molar-refractivity contribution in [1.29, 1.82) is 0 Å². The highest BCUT2D eigenvalue weighted by Gasteiger charge is 2.12. The van der Waals surface area contributed by atoms with Gasteiger partial charge in [-0.25, -0.2) is 0 Å². The van der Waals surface area contributed by atoms with Gasteiger partial charge in [-0.2, -0.15) is 0 Å². The average Bonchev–Trinajstić information content (AvgIpc) is 2.81. The van der Waals surface area contributed by atoms with Crippen molar-refractivity contribution in [2.24, 2.45) is 0 Å². The van der Waals surface area contributed by atoms with Crippen LogP contribution in [0, 0.1) is 0 Å². The van der Waals surface area contributed by atoms with Crippen molar-refractivity contribution in [3.8, 4) is 0 Å². The summed E-state index contributed by atoms with van der Waals surface area (Å²) in [5.74, 6) is 0. The number of hydrogen-bond donors (Lipinski definition) is 1. The van der Waals surface area contributed by atoms with Gasteiger partial charge in [0, 0.05) is 18.4 Å². The van der Waals surface area contributed by atoms with E-state index in [0.717, 1.165) is 11.3 Å². The summed E-state index contributed by atoms with van der Waals surface area (Å²) in [4.78, 5) is 5.25. The molecule has 0 aliphatic carbocycles. The molecule has 2 heterocycles. The Hall–Kier alpha value is -1.33. The minimum atomic E-state index is 0.272. The van der Waals surface area contributed by atoms with Crippen molar-refractivity contribution in [1.82, 2.24) is 19.9 Å². The summed E-state index contributed by atoms with van der Waals surface area (Å²) in [5.41, 5.74) is 1.21. The van der Waals surface area contributed by atoms with Gasteiger partial charge in [0.1, 0.15) is 0 Å². The predicted molar refractivity (Wildman–Crippen MR) is 59.7 cm³/mol. The van der Waals surface area contributed by atoms with Gasteiger partial charge in [0.2, 0.25) is 0 Å². The molecule has 0 saturated heterocycles. The molecule has 0 aliphatic rings. The van der Waals surface area contributed by atoms with E-state index in [1.807, 2.05) is 25.5 Å². The summed E-state index contributed by atoms with van der Waals surface area (Å²) in [7, 11) is 1.95. The van der Waals surface area contributed by atoms with E-state index in [1.165, 1.54) is 17.1 Å². The van der Waals surface area contributed by atoms with Gasteiger partial charge in [0.25, 0.3) is 0 Å². The second-order valence-electron chi connectivity index (χ2n) is 3.23. The van der Waals surface area contributed by atoms with E-state index in [4.69, 9.17) is 0 Å². The summed E-state index contributed by atoms with van der Waals surface area (Å²) in [6.07, 6.45) is 6.39. The fourth-order valence-electron chi connectivity index (χ4n) is 1.43. The lowest BCUT2D eigenvalue weighted by Crippen LogP contribution is -2.17. The lowest BCUT2D eigenvalue weighted by Gasteiger charge is -2.12. The maximum atomic E-state index is 4.10. The number of aromatic nitrogens is 3. The Labute approximate surface area is 92.5 Å². The molecule has 1 N–H and O–H groups in total. The molecule has 78 valence electrons. The smallest absolute Gasteiger partial charge is 0.0669 e. The molecule has 4 nitrogen and oxygen atoms in total. The Morgan fingerprint density at radius 1 is 1.47 bits per heavy atom. The minimum absolute atomic E-state index is 0.272. The summed E-state index contributed by atoms with van der Waals surface area (Å²) < 4.78 is 3.87. The molecule has 0 aliphatic heterocycles. The Morgan fingerprint density at radius 2 is 2.40 bits per heavy atom. The first-order valence-corrected chi connectivity index (χ1v) is 5.51. The topological polar surface area (TPSA) is 50.7 Å². The standard InChI is InChI=1S/C10H12N4S/c1-11-9(10-7-13-14-15-10)5-8-3-2-4-12-6-8/h2-4,6-7,9,11H,5H2,1H3. The Bertz CT molecular complexity index is 387. The molecule has 0 spiro atoms. The molecule has 5 heteroatoms. The SMILES string of the molecule is CNC(Cc1cccnc1)c1cnns1. The largest absolute Gasteiger partial charge is 0.312 e. The molecular formula is C10H12N4S. The molecule has 0 fully saturated rings. The molecule has 0 bridgehead atoms. The van der Waals surface area contributed by atoms with Crippen LogP contribution in [0.1, 0.15) is 16.5 Å². The second-order valence-corrected chi connectivity index (χ2v) is 4.04. The van der Waals surface area contributed by atoms with E-state index in [1.54, 1.807) is 6.20 Å². The fraction of sp³-hybridized carbons (Fsp3) is 0.300. The van der Waals surface area contributed by atoms with E-state index in [9.17, 15) is 0 Å². The van der Waals surface area contributed by atoms with Gasteiger partial charge in [-0.3, -0.25) is 4.98 Å². The molecule has 1 unspecified atom stereocenters. The Morgan fingerprint density at radius 3 is 3.00 bits per heavy atom. The zero-order valence-electron chi connectivity index (χ0n) is 8.42. The van der Waals surface area contributed by atoms with Gasteiger partial charge < -0.3 is 5.32 Å². The average molecular weight is 220 g/mol. The molecule has 0 amide bonds. The van der Waals surface area contributed by atoms with Gasteiger partial charge in [-0.05, 0) is 36.6 Å². The number of likely N-dealkylation sites (N-methyl/N-ethyl adjacent to an activating group) is 1. The zero-order chi connectivity index (χ0) is 10.5. The quantitative estimate of drug-likeness (QED) is 0.847. The number of nitrogens with zero attached hydrogens (tertiary/aromatic N) is 3. The molecular weight excluding hydrogens is 208 g/mol. The van der Waals surface area contributed by atoms with E-state index in [-0.39, 0.29) is 6.04 Å².